The molecule has 22 heavy (non-hydrogen) atoms. The van der Waals surface area contributed by atoms with Gasteiger partial charge in [-0.1, -0.05) is 19.9 Å². The van der Waals surface area contributed by atoms with Crippen molar-refractivity contribution in [2.24, 2.45) is 0 Å². The first-order chi connectivity index (χ1) is 10.3. The Morgan fingerprint density at radius 1 is 1.36 bits per heavy atom. The number of carbonyl (C=O) groups is 1. The Kier molecular flexibility index (Phi) is 3.68. The Labute approximate surface area is 132 Å². The van der Waals surface area contributed by atoms with Gasteiger partial charge in [0.1, 0.15) is 17.5 Å². The third-order valence-electron chi connectivity index (χ3n) is 4.85. The van der Waals surface area contributed by atoms with Crippen LogP contribution >= 0.6 is 0 Å². The number of amides is 1. The van der Waals surface area contributed by atoms with Crippen LogP contribution in [0.4, 0.5) is 0 Å². The predicted molar refractivity (Wildman–Crippen MR) is 84.9 cm³/mol. The molecule has 0 saturated carbocycles. The van der Waals surface area contributed by atoms with Gasteiger partial charge in [0, 0.05) is 18.5 Å². The lowest BCUT2D eigenvalue weighted by Crippen LogP contribution is -2.53. The fourth-order valence-corrected chi connectivity index (χ4v) is 3.45. The van der Waals surface area contributed by atoms with Crippen LogP contribution in [0.1, 0.15) is 63.6 Å². The number of ether oxygens (including phenoxy) is 1. The fraction of sp³-hybridized carbons (Fsp3) is 0.611. The highest BCUT2D eigenvalue weighted by Gasteiger charge is 2.47. The van der Waals surface area contributed by atoms with Gasteiger partial charge >= 0.3 is 0 Å². The molecule has 2 aliphatic rings. The van der Waals surface area contributed by atoms with Crippen molar-refractivity contribution in [2.75, 3.05) is 6.54 Å². The first-order valence-electron chi connectivity index (χ1n) is 8.11. The predicted octanol–water partition coefficient (Wildman–Crippen LogP) is 3.01. The number of aliphatic hydroxyl groups excluding tert-OH is 1. The molecule has 4 heteroatoms. The second kappa shape index (κ2) is 5.27. The highest BCUT2D eigenvalue weighted by atomic mass is 16.5. The van der Waals surface area contributed by atoms with Gasteiger partial charge in [0.05, 0.1) is 6.04 Å². The molecular weight excluding hydrogens is 278 g/mol. The number of carbonyl (C=O) groups excluding carboxylic acids is 1. The molecule has 3 rings (SSSR count). The third kappa shape index (κ3) is 2.39. The number of nitrogens with zero attached hydrogens (tertiary/aromatic N) is 1. The van der Waals surface area contributed by atoms with Gasteiger partial charge in [-0.15, -0.1) is 0 Å². The monoisotopic (exact) mass is 303 g/mol. The molecule has 1 saturated heterocycles. The molecule has 1 fully saturated rings. The number of rotatable bonds is 2. The normalized spacial score (nSPS) is 27.0. The van der Waals surface area contributed by atoms with E-state index in [2.05, 4.69) is 26.0 Å². The Bertz CT molecular complexity index is 594. The molecule has 0 aliphatic carbocycles. The van der Waals surface area contributed by atoms with Crippen molar-refractivity contribution in [1.82, 2.24) is 4.90 Å². The molecule has 120 valence electrons. The number of hydrogen-bond donors (Lipinski definition) is 1. The zero-order valence-electron chi connectivity index (χ0n) is 13.8. The van der Waals surface area contributed by atoms with E-state index in [-0.39, 0.29) is 11.9 Å². The topological polar surface area (TPSA) is 49.8 Å². The second-order valence-corrected chi connectivity index (χ2v) is 7.24. The highest BCUT2D eigenvalue weighted by Crippen LogP contribution is 2.44. The zero-order chi connectivity index (χ0) is 16.1. The van der Waals surface area contributed by atoms with E-state index in [9.17, 15) is 9.90 Å². The van der Waals surface area contributed by atoms with Gasteiger partial charge in [-0.3, -0.25) is 4.79 Å². The van der Waals surface area contributed by atoms with Gasteiger partial charge in [-0.05, 0) is 43.9 Å². The largest absolute Gasteiger partial charge is 0.485 e. The lowest BCUT2D eigenvalue weighted by Gasteiger charge is -2.45. The molecular formula is C18H25NO3. The third-order valence-corrected chi connectivity index (χ3v) is 4.85. The number of likely N-dealkylation sites (tertiary alicyclic amines) is 1. The summed E-state index contributed by atoms with van der Waals surface area (Å²) in [6.07, 6.45) is 0.705. The molecule has 0 aromatic heterocycles. The molecule has 0 spiro atoms. The van der Waals surface area contributed by atoms with Gasteiger partial charge in [0.2, 0.25) is 5.91 Å². The van der Waals surface area contributed by atoms with Crippen LogP contribution in [-0.2, 0) is 4.79 Å². The summed E-state index contributed by atoms with van der Waals surface area (Å²) in [4.78, 5) is 14.1. The minimum Gasteiger partial charge on any atom is -0.485 e. The summed E-state index contributed by atoms with van der Waals surface area (Å²) < 4.78 is 6.00. The van der Waals surface area contributed by atoms with Gasteiger partial charge in [-0.25, -0.2) is 0 Å². The fourth-order valence-electron chi connectivity index (χ4n) is 3.45. The maximum Gasteiger partial charge on any atom is 0.223 e. The molecule has 0 bridgehead atoms. The lowest BCUT2D eigenvalue weighted by molar-refractivity contribution is -0.139. The molecule has 2 heterocycles. The number of aliphatic hydroxyl groups is 1. The summed E-state index contributed by atoms with van der Waals surface area (Å²) in [6.45, 7) is 8.75. The van der Waals surface area contributed by atoms with Crippen LogP contribution in [0.3, 0.4) is 0 Å². The van der Waals surface area contributed by atoms with E-state index in [0.717, 1.165) is 17.7 Å². The minimum atomic E-state index is -0.732. The van der Waals surface area contributed by atoms with Crippen molar-refractivity contribution in [3.8, 4) is 5.75 Å². The van der Waals surface area contributed by atoms with Crippen molar-refractivity contribution in [1.29, 1.82) is 0 Å². The molecule has 1 unspecified atom stereocenters. The lowest BCUT2D eigenvalue weighted by atomic mass is 9.84. The molecule has 1 N–H and O–H groups in total. The number of benzene rings is 1. The van der Waals surface area contributed by atoms with Crippen LogP contribution in [0.15, 0.2) is 18.2 Å². The van der Waals surface area contributed by atoms with E-state index in [1.54, 1.807) is 0 Å². The molecule has 2 aliphatic heterocycles. The van der Waals surface area contributed by atoms with Crippen molar-refractivity contribution in [3.63, 3.8) is 0 Å². The maximum atomic E-state index is 12.2. The van der Waals surface area contributed by atoms with E-state index in [0.29, 0.717) is 18.9 Å². The van der Waals surface area contributed by atoms with Crippen LogP contribution in [0.25, 0.3) is 0 Å². The minimum absolute atomic E-state index is 0.127. The Morgan fingerprint density at radius 2 is 2.09 bits per heavy atom. The van der Waals surface area contributed by atoms with Crippen LogP contribution in [0, 0.1) is 0 Å². The van der Waals surface area contributed by atoms with Crippen LogP contribution in [0.5, 0.6) is 5.75 Å². The smallest absolute Gasteiger partial charge is 0.223 e. The summed E-state index contributed by atoms with van der Waals surface area (Å²) in [5.74, 6) is 1.30. The summed E-state index contributed by atoms with van der Waals surface area (Å²) in [5.41, 5.74) is 1.43. The van der Waals surface area contributed by atoms with E-state index in [4.69, 9.17) is 4.74 Å². The van der Waals surface area contributed by atoms with Gasteiger partial charge in [-0.2, -0.15) is 0 Å². The van der Waals surface area contributed by atoms with Gasteiger partial charge < -0.3 is 14.7 Å². The molecule has 1 aromatic carbocycles. The Hall–Kier alpha value is -1.55. The maximum absolute atomic E-state index is 12.2. The van der Waals surface area contributed by atoms with E-state index < -0.39 is 11.7 Å². The second-order valence-electron chi connectivity index (χ2n) is 7.24. The van der Waals surface area contributed by atoms with E-state index >= 15 is 0 Å². The zero-order valence-corrected chi connectivity index (χ0v) is 13.8. The van der Waals surface area contributed by atoms with E-state index in [1.165, 1.54) is 5.56 Å². The summed E-state index contributed by atoms with van der Waals surface area (Å²) in [5, 5.41) is 10.8. The SMILES string of the molecule is CC(C)c1ccc2c(c1)C(N1CCCC1=O)[C@H](O)C(C)(C)O2. The molecule has 1 aromatic rings. The van der Waals surface area contributed by atoms with Crippen LogP contribution < -0.4 is 4.74 Å². The number of hydrogen-bond acceptors (Lipinski definition) is 3. The first kappa shape index (κ1) is 15.3. The van der Waals surface area contributed by atoms with Crippen molar-refractivity contribution in [3.05, 3.63) is 29.3 Å². The molecule has 1 amide bonds. The Morgan fingerprint density at radius 3 is 2.68 bits per heavy atom. The quantitative estimate of drug-likeness (QED) is 0.913. The molecule has 0 radical (unpaired) electrons. The standard InChI is InChI=1S/C18H25NO3/c1-11(2)12-7-8-14-13(10-12)16(17(21)18(3,4)22-14)19-9-5-6-15(19)20/h7-8,10-11,16-17,21H,5-6,9H2,1-4H3/t16?,17-/m0/s1. The first-order valence-corrected chi connectivity index (χ1v) is 8.11. The van der Waals surface area contributed by atoms with Crippen LogP contribution in [-0.4, -0.2) is 34.2 Å². The highest BCUT2D eigenvalue weighted by molar-refractivity contribution is 5.79. The van der Waals surface area contributed by atoms with Crippen LogP contribution in [0.2, 0.25) is 0 Å². The molecule has 2 atom stereocenters. The van der Waals surface area contributed by atoms with E-state index in [1.807, 2.05) is 24.8 Å². The van der Waals surface area contributed by atoms with Gasteiger partial charge in [0.25, 0.3) is 0 Å². The van der Waals surface area contributed by atoms with Gasteiger partial charge in [0.15, 0.2) is 0 Å². The molecule has 4 nitrogen and oxygen atoms in total. The Balaban J connectivity index is 2.10. The van der Waals surface area contributed by atoms with Crippen molar-refractivity contribution < 1.29 is 14.6 Å². The summed E-state index contributed by atoms with van der Waals surface area (Å²) in [6, 6.07) is 5.83. The summed E-state index contributed by atoms with van der Waals surface area (Å²) in [7, 11) is 0. The van der Waals surface area contributed by atoms with Crippen molar-refractivity contribution >= 4 is 5.91 Å². The number of fused-ring (bicyclic) bond motifs is 1. The average molecular weight is 303 g/mol. The van der Waals surface area contributed by atoms with Crippen molar-refractivity contribution in [2.45, 2.75) is 64.2 Å². The summed E-state index contributed by atoms with van der Waals surface area (Å²) >= 11 is 0. The average Bonchev–Trinajstić information content (AvgIpc) is 2.85.